The van der Waals surface area contributed by atoms with Crippen molar-refractivity contribution < 1.29 is 14.3 Å². The monoisotopic (exact) mass is 353 g/mol. The minimum Gasteiger partial charge on any atom is -0.450 e. The number of halogens is 1. The molecule has 6 nitrogen and oxygen atoms in total. The fourth-order valence-electron chi connectivity index (χ4n) is 2.63. The van der Waals surface area contributed by atoms with Crippen molar-refractivity contribution in [1.29, 1.82) is 0 Å². The smallest absolute Gasteiger partial charge is 0.409 e. The van der Waals surface area contributed by atoms with Crippen LogP contribution in [0.2, 0.25) is 5.02 Å². The lowest BCUT2D eigenvalue weighted by Crippen LogP contribution is -2.51. The van der Waals surface area contributed by atoms with Crippen molar-refractivity contribution in [2.45, 2.75) is 19.9 Å². The highest BCUT2D eigenvalue weighted by molar-refractivity contribution is 6.30. The van der Waals surface area contributed by atoms with E-state index in [4.69, 9.17) is 16.3 Å². The zero-order valence-corrected chi connectivity index (χ0v) is 14.9. The van der Waals surface area contributed by atoms with E-state index in [0.29, 0.717) is 44.4 Å². The van der Waals surface area contributed by atoms with Gasteiger partial charge >= 0.3 is 6.09 Å². The van der Waals surface area contributed by atoms with Crippen LogP contribution in [0, 0.1) is 0 Å². The number of carbonyl (C=O) groups is 2. The minimum absolute atomic E-state index is 0.0259. The Hall–Kier alpha value is -1.79. The molecule has 0 spiro atoms. The van der Waals surface area contributed by atoms with E-state index in [0.717, 1.165) is 5.56 Å². The Morgan fingerprint density at radius 2 is 1.83 bits per heavy atom. The van der Waals surface area contributed by atoms with Gasteiger partial charge < -0.3 is 15.0 Å². The molecule has 24 heavy (non-hydrogen) atoms. The van der Waals surface area contributed by atoms with E-state index < -0.39 is 0 Å². The maximum atomic E-state index is 12.2. The molecule has 0 aromatic heterocycles. The predicted octanol–water partition coefficient (Wildman–Crippen LogP) is 2.29. The van der Waals surface area contributed by atoms with Crippen molar-refractivity contribution >= 4 is 23.6 Å². The zero-order chi connectivity index (χ0) is 17.5. The molecule has 1 unspecified atom stereocenters. The lowest BCUT2D eigenvalue weighted by molar-refractivity contribution is -0.123. The van der Waals surface area contributed by atoms with E-state index >= 15 is 0 Å². The highest BCUT2D eigenvalue weighted by Crippen LogP contribution is 2.16. The van der Waals surface area contributed by atoms with Gasteiger partial charge in [-0.05, 0) is 31.5 Å². The number of nitrogens with one attached hydrogen (secondary N) is 1. The van der Waals surface area contributed by atoms with Gasteiger partial charge in [-0.25, -0.2) is 4.79 Å². The Bertz CT molecular complexity index is 557. The molecule has 0 bridgehead atoms. The molecule has 0 saturated carbocycles. The molecule has 2 rings (SSSR count). The topological polar surface area (TPSA) is 61.9 Å². The Kier molecular flexibility index (Phi) is 6.87. The highest BCUT2D eigenvalue weighted by Gasteiger charge is 2.23. The fraction of sp³-hybridized carbons (Fsp3) is 0.529. The van der Waals surface area contributed by atoms with E-state index in [1.807, 2.05) is 36.1 Å². The maximum absolute atomic E-state index is 12.2. The van der Waals surface area contributed by atoms with Crippen LogP contribution in [0.15, 0.2) is 24.3 Å². The molecule has 2 amide bonds. The van der Waals surface area contributed by atoms with Gasteiger partial charge in [-0.3, -0.25) is 9.69 Å². The summed E-state index contributed by atoms with van der Waals surface area (Å²) in [7, 11) is 0. The molecule has 1 aromatic carbocycles. The second-order valence-corrected chi connectivity index (χ2v) is 6.24. The summed E-state index contributed by atoms with van der Waals surface area (Å²) in [6.07, 6.45) is -0.280. The predicted molar refractivity (Wildman–Crippen MR) is 93.0 cm³/mol. The molecule has 0 aliphatic carbocycles. The van der Waals surface area contributed by atoms with Crippen molar-refractivity contribution in [1.82, 2.24) is 15.1 Å². The number of rotatable bonds is 5. The Labute approximate surface area is 147 Å². The largest absolute Gasteiger partial charge is 0.450 e. The number of benzene rings is 1. The van der Waals surface area contributed by atoms with Gasteiger partial charge in [-0.2, -0.15) is 0 Å². The second kappa shape index (κ2) is 8.89. The standard InChI is InChI=1S/C17H24ClN3O3/c1-3-24-17(23)21-10-8-20(9-11-21)12-16(22)19-13(2)14-4-6-15(18)7-5-14/h4-7,13H,3,8-12H2,1-2H3,(H,19,22). The van der Waals surface area contributed by atoms with Gasteiger partial charge in [0, 0.05) is 31.2 Å². The lowest BCUT2D eigenvalue weighted by atomic mass is 10.1. The molecular weight excluding hydrogens is 330 g/mol. The normalized spacial score (nSPS) is 16.5. The van der Waals surface area contributed by atoms with Gasteiger partial charge in [0.1, 0.15) is 0 Å². The summed E-state index contributed by atoms with van der Waals surface area (Å²) < 4.78 is 4.99. The molecule has 1 aliphatic rings. The molecular formula is C17H24ClN3O3. The van der Waals surface area contributed by atoms with Crippen LogP contribution in [0.25, 0.3) is 0 Å². The summed E-state index contributed by atoms with van der Waals surface area (Å²) in [4.78, 5) is 27.6. The van der Waals surface area contributed by atoms with Gasteiger partial charge in [-0.15, -0.1) is 0 Å². The Morgan fingerprint density at radius 3 is 2.42 bits per heavy atom. The van der Waals surface area contributed by atoms with Crippen LogP contribution in [0.5, 0.6) is 0 Å². The van der Waals surface area contributed by atoms with Crippen molar-refractivity contribution in [3.63, 3.8) is 0 Å². The average Bonchev–Trinajstić information content (AvgIpc) is 2.56. The molecule has 1 saturated heterocycles. The summed E-state index contributed by atoms with van der Waals surface area (Å²) in [5, 5.41) is 3.67. The summed E-state index contributed by atoms with van der Waals surface area (Å²) in [6, 6.07) is 7.37. The maximum Gasteiger partial charge on any atom is 0.409 e. The van der Waals surface area contributed by atoms with Gasteiger partial charge in [0.25, 0.3) is 0 Å². The molecule has 0 radical (unpaired) electrons. The number of hydrogen-bond donors (Lipinski definition) is 1. The van der Waals surface area contributed by atoms with E-state index in [1.165, 1.54) is 0 Å². The number of amides is 2. The first-order chi connectivity index (χ1) is 11.5. The number of ether oxygens (including phenoxy) is 1. The van der Waals surface area contributed by atoms with Crippen LogP contribution >= 0.6 is 11.6 Å². The van der Waals surface area contributed by atoms with Crippen molar-refractivity contribution in [3.8, 4) is 0 Å². The van der Waals surface area contributed by atoms with Gasteiger partial charge in [0.05, 0.1) is 19.2 Å². The van der Waals surface area contributed by atoms with E-state index in [1.54, 1.807) is 11.8 Å². The van der Waals surface area contributed by atoms with Gasteiger partial charge in [-0.1, -0.05) is 23.7 Å². The van der Waals surface area contributed by atoms with Crippen LogP contribution in [0.3, 0.4) is 0 Å². The third-order valence-electron chi connectivity index (χ3n) is 4.01. The molecule has 1 aliphatic heterocycles. The molecule has 1 N–H and O–H groups in total. The van der Waals surface area contributed by atoms with Crippen molar-refractivity contribution in [2.75, 3.05) is 39.3 Å². The number of hydrogen-bond acceptors (Lipinski definition) is 4. The Balaban J connectivity index is 1.75. The zero-order valence-electron chi connectivity index (χ0n) is 14.1. The van der Waals surface area contributed by atoms with Gasteiger partial charge in [0.2, 0.25) is 5.91 Å². The first kappa shape index (κ1) is 18.5. The molecule has 1 fully saturated rings. The number of carbonyl (C=O) groups excluding carboxylic acids is 2. The molecule has 1 aromatic rings. The average molecular weight is 354 g/mol. The SMILES string of the molecule is CCOC(=O)N1CCN(CC(=O)NC(C)c2ccc(Cl)cc2)CC1. The lowest BCUT2D eigenvalue weighted by Gasteiger charge is -2.33. The van der Waals surface area contributed by atoms with E-state index in [-0.39, 0.29) is 18.0 Å². The molecule has 1 heterocycles. The van der Waals surface area contributed by atoms with Crippen LogP contribution in [0.1, 0.15) is 25.5 Å². The first-order valence-corrected chi connectivity index (χ1v) is 8.56. The molecule has 1 atom stereocenters. The summed E-state index contributed by atoms with van der Waals surface area (Å²) in [5.41, 5.74) is 1.01. The number of nitrogens with zero attached hydrogens (tertiary/aromatic N) is 2. The van der Waals surface area contributed by atoms with Crippen LogP contribution in [-0.4, -0.2) is 61.1 Å². The highest BCUT2D eigenvalue weighted by atomic mass is 35.5. The van der Waals surface area contributed by atoms with Crippen LogP contribution in [0.4, 0.5) is 4.79 Å². The summed E-state index contributed by atoms with van der Waals surface area (Å²) in [6.45, 7) is 6.94. The van der Waals surface area contributed by atoms with Crippen LogP contribution in [-0.2, 0) is 9.53 Å². The van der Waals surface area contributed by atoms with Crippen molar-refractivity contribution in [3.05, 3.63) is 34.9 Å². The third kappa shape index (κ3) is 5.39. The molecule has 132 valence electrons. The summed E-state index contributed by atoms with van der Waals surface area (Å²) in [5.74, 6) is -0.0259. The second-order valence-electron chi connectivity index (χ2n) is 5.80. The minimum atomic E-state index is -0.280. The summed E-state index contributed by atoms with van der Waals surface area (Å²) >= 11 is 5.87. The van der Waals surface area contributed by atoms with Crippen molar-refractivity contribution in [2.24, 2.45) is 0 Å². The van der Waals surface area contributed by atoms with Gasteiger partial charge in [0.15, 0.2) is 0 Å². The van der Waals surface area contributed by atoms with E-state index in [2.05, 4.69) is 5.32 Å². The van der Waals surface area contributed by atoms with Crippen LogP contribution < -0.4 is 5.32 Å². The first-order valence-electron chi connectivity index (χ1n) is 8.18. The van der Waals surface area contributed by atoms with E-state index in [9.17, 15) is 9.59 Å². The fourth-order valence-corrected chi connectivity index (χ4v) is 2.75. The number of piperazine rings is 1. The Morgan fingerprint density at radius 1 is 1.21 bits per heavy atom. The third-order valence-corrected chi connectivity index (χ3v) is 4.26. The molecule has 7 heteroatoms. The quantitative estimate of drug-likeness (QED) is 0.882.